The van der Waals surface area contributed by atoms with Gasteiger partial charge in [0.2, 0.25) is 0 Å². The minimum absolute atomic E-state index is 0.0559. The van der Waals surface area contributed by atoms with E-state index < -0.39 is 0 Å². The van der Waals surface area contributed by atoms with Gasteiger partial charge in [0, 0.05) is 0 Å². The first-order valence-electron chi connectivity index (χ1n) is 7.04. The van der Waals surface area contributed by atoms with E-state index in [2.05, 4.69) is 46.8 Å². The molecule has 0 radical (unpaired) electrons. The van der Waals surface area contributed by atoms with Crippen molar-refractivity contribution < 1.29 is 9.84 Å². The Bertz CT molecular complexity index is 371. The Labute approximate surface area is 117 Å². The number of hydrogen-bond acceptors (Lipinski definition) is 2. The maximum absolute atomic E-state index is 8.72. The van der Waals surface area contributed by atoms with E-state index in [1.165, 1.54) is 12.0 Å². The van der Waals surface area contributed by atoms with Gasteiger partial charge in [0.05, 0.1) is 6.61 Å². The van der Waals surface area contributed by atoms with E-state index in [4.69, 9.17) is 9.84 Å². The van der Waals surface area contributed by atoms with Crippen molar-refractivity contribution in [2.75, 3.05) is 13.2 Å². The zero-order valence-electron chi connectivity index (χ0n) is 13.0. The van der Waals surface area contributed by atoms with Crippen molar-refractivity contribution in [2.45, 2.75) is 47.5 Å². The Morgan fingerprint density at radius 3 is 2.05 bits per heavy atom. The molecule has 0 fully saturated rings. The van der Waals surface area contributed by atoms with Gasteiger partial charge in [0.1, 0.15) is 12.4 Å². The Hall–Kier alpha value is -1.02. The highest BCUT2D eigenvalue weighted by Crippen LogP contribution is 2.35. The van der Waals surface area contributed by atoms with Crippen molar-refractivity contribution in [1.82, 2.24) is 0 Å². The second-order valence-corrected chi connectivity index (χ2v) is 7.29. The fourth-order valence-electron chi connectivity index (χ4n) is 2.92. The second-order valence-electron chi connectivity index (χ2n) is 7.29. The van der Waals surface area contributed by atoms with Gasteiger partial charge in [-0.15, -0.1) is 0 Å². The largest absolute Gasteiger partial charge is 0.491 e. The molecule has 0 saturated heterocycles. The normalized spacial score (nSPS) is 12.5. The number of rotatable bonds is 6. The minimum Gasteiger partial charge on any atom is -0.491 e. The number of aliphatic hydroxyl groups excluding tert-OH is 1. The summed E-state index contributed by atoms with van der Waals surface area (Å²) < 4.78 is 5.37. The van der Waals surface area contributed by atoms with E-state index in [1.54, 1.807) is 0 Å². The maximum atomic E-state index is 8.72. The third-order valence-corrected chi connectivity index (χ3v) is 2.97. The van der Waals surface area contributed by atoms with Crippen LogP contribution >= 0.6 is 0 Å². The van der Waals surface area contributed by atoms with E-state index in [0.717, 1.165) is 12.2 Å². The topological polar surface area (TPSA) is 29.5 Å². The molecule has 0 aliphatic rings. The van der Waals surface area contributed by atoms with E-state index in [9.17, 15) is 0 Å². The van der Waals surface area contributed by atoms with Gasteiger partial charge in [-0.05, 0) is 41.4 Å². The maximum Gasteiger partial charge on any atom is 0.119 e. The summed E-state index contributed by atoms with van der Waals surface area (Å²) in [6.45, 7) is 11.9. The molecular formula is C17H28O2. The molecule has 108 valence electrons. The van der Waals surface area contributed by atoms with E-state index in [0.29, 0.717) is 17.4 Å². The highest BCUT2D eigenvalue weighted by Gasteiger charge is 2.25. The summed E-state index contributed by atoms with van der Waals surface area (Å²) in [5.74, 6) is 0.825. The van der Waals surface area contributed by atoms with Crippen LogP contribution in [0.3, 0.4) is 0 Å². The van der Waals surface area contributed by atoms with Crippen molar-refractivity contribution in [3.8, 4) is 5.75 Å². The number of benzene rings is 1. The van der Waals surface area contributed by atoms with Gasteiger partial charge in [0.25, 0.3) is 0 Å². The molecular weight excluding hydrogens is 236 g/mol. The van der Waals surface area contributed by atoms with E-state index in [1.807, 2.05) is 12.1 Å². The molecule has 0 aliphatic heterocycles. The Morgan fingerprint density at radius 1 is 1.00 bits per heavy atom. The van der Waals surface area contributed by atoms with Crippen molar-refractivity contribution >= 4 is 0 Å². The first kappa shape index (κ1) is 16.0. The Balaban J connectivity index is 2.61. The summed E-state index contributed by atoms with van der Waals surface area (Å²) >= 11 is 0. The predicted molar refractivity (Wildman–Crippen MR) is 80.6 cm³/mol. The molecule has 0 aromatic heterocycles. The van der Waals surface area contributed by atoms with Crippen LogP contribution < -0.4 is 4.74 Å². The van der Waals surface area contributed by atoms with Crippen molar-refractivity contribution in [3.63, 3.8) is 0 Å². The lowest BCUT2D eigenvalue weighted by Crippen LogP contribution is -2.22. The molecule has 0 unspecified atom stereocenters. The lowest BCUT2D eigenvalue weighted by atomic mass is 9.73. The van der Waals surface area contributed by atoms with Gasteiger partial charge in [-0.1, -0.05) is 46.8 Å². The summed E-state index contributed by atoms with van der Waals surface area (Å²) in [6, 6.07) is 8.21. The average molecular weight is 264 g/mol. The number of aliphatic hydroxyl groups is 1. The SMILES string of the molecule is CC(C)(C)CC(C)(C)Cc1ccc(OCCO)cc1. The fraction of sp³-hybridized carbons (Fsp3) is 0.647. The molecule has 1 rings (SSSR count). The molecule has 1 N–H and O–H groups in total. The predicted octanol–water partition coefficient (Wildman–Crippen LogP) is 4.06. The summed E-state index contributed by atoms with van der Waals surface area (Å²) in [7, 11) is 0. The zero-order valence-corrected chi connectivity index (χ0v) is 13.0. The van der Waals surface area contributed by atoms with Crippen LogP contribution in [-0.4, -0.2) is 18.3 Å². The highest BCUT2D eigenvalue weighted by molar-refractivity contribution is 5.27. The van der Waals surface area contributed by atoms with Crippen LogP contribution in [0.1, 0.15) is 46.6 Å². The summed E-state index contributed by atoms with van der Waals surface area (Å²) in [6.07, 6.45) is 2.27. The van der Waals surface area contributed by atoms with Crippen molar-refractivity contribution in [2.24, 2.45) is 10.8 Å². The van der Waals surface area contributed by atoms with Gasteiger partial charge in [-0.3, -0.25) is 0 Å². The fourth-order valence-corrected chi connectivity index (χ4v) is 2.92. The van der Waals surface area contributed by atoms with Crippen LogP contribution in [0.15, 0.2) is 24.3 Å². The van der Waals surface area contributed by atoms with Crippen LogP contribution in [0.25, 0.3) is 0 Å². The van der Waals surface area contributed by atoms with Gasteiger partial charge in [0.15, 0.2) is 0 Å². The number of ether oxygens (including phenoxy) is 1. The minimum atomic E-state index is 0.0559. The quantitative estimate of drug-likeness (QED) is 0.839. The van der Waals surface area contributed by atoms with Crippen LogP contribution in [0.5, 0.6) is 5.75 Å². The monoisotopic (exact) mass is 264 g/mol. The van der Waals surface area contributed by atoms with E-state index >= 15 is 0 Å². The molecule has 19 heavy (non-hydrogen) atoms. The molecule has 0 saturated carbocycles. The Kier molecular flexibility index (Phi) is 5.42. The van der Waals surface area contributed by atoms with Crippen LogP contribution in [-0.2, 0) is 6.42 Å². The second kappa shape index (κ2) is 6.42. The zero-order chi connectivity index (χ0) is 14.5. The van der Waals surface area contributed by atoms with Crippen molar-refractivity contribution in [1.29, 1.82) is 0 Å². The summed E-state index contributed by atoms with van der Waals surface area (Å²) in [4.78, 5) is 0. The molecule has 0 amide bonds. The van der Waals surface area contributed by atoms with Crippen LogP contribution in [0, 0.1) is 10.8 Å². The lowest BCUT2D eigenvalue weighted by molar-refractivity contribution is 0.201. The Morgan fingerprint density at radius 2 is 1.58 bits per heavy atom. The van der Waals surface area contributed by atoms with Gasteiger partial charge < -0.3 is 9.84 Å². The van der Waals surface area contributed by atoms with Crippen LogP contribution in [0.4, 0.5) is 0 Å². The standard InChI is InChI=1S/C17H28O2/c1-16(2,3)13-17(4,5)12-14-6-8-15(9-7-14)19-11-10-18/h6-9,18H,10-13H2,1-5H3. The molecule has 2 nitrogen and oxygen atoms in total. The smallest absolute Gasteiger partial charge is 0.119 e. The molecule has 0 atom stereocenters. The molecule has 0 heterocycles. The number of hydrogen-bond donors (Lipinski definition) is 1. The summed E-state index contributed by atoms with van der Waals surface area (Å²) in [5, 5.41) is 8.72. The molecule has 2 heteroatoms. The van der Waals surface area contributed by atoms with Gasteiger partial charge in [-0.2, -0.15) is 0 Å². The van der Waals surface area contributed by atoms with Gasteiger partial charge >= 0.3 is 0 Å². The first-order chi connectivity index (χ1) is 8.72. The molecule has 1 aromatic rings. The molecule has 0 aliphatic carbocycles. The average Bonchev–Trinajstić information content (AvgIpc) is 2.24. The highest BCUT2D eigenvalue weighted by atomic mass is 16.5. The van der Waals surface area contributed by atoms with Crippen molar-refractivity contribution in [3.05, 3.63) is 29.8 Å². The molecule has 0 bridgehead atoms. The van der Waals surface area contributed by atoms with Crippen LogP contribution in [0.2, 0.25) is 0 Å². The molecule has 1 aromatic carbocycles. The lowest BCUT2D eigenvalue weighted by Gasteiger charge is -2.32. The molecule has 0 spiro atoms. The van der Waals surface area contributed by atoms with E-state index in [-0.39, 0.29) is 6.61 Å². The third-order valence-electron chi connectivity index (χ3n) is 2.97. The summed E-state index contributed by atoms with van der Waals surface area (Å²) in [5.41, 5.74) is 1.99. The third kappa shape index (κ3) is 6.63. The first-order valence-corrected chi connectivity index (χ1v) is 7.04. The van der Waals surface area contributed by atoms with Gasteiger partial charge in [-0.25, -0.2) is 0 Å².